The number of carbonyl (C=O) groups excluding carboxylic acids is 5. The molecule has 2 aromatic heterocycles. The molecule has 6 N–H and O–H groups in total. The van der Waals surface area contributed by atoms with E-state index in [1.54, 1.807) is 26.8 Å². The van der Waals surface area contributed by atoms with Crippen molar-refractivity contribution < 1.29 is 72.5 Å². The lowest BCUT2D eigenvalue weighted by molar-refractivity contribution is -0.153. The molecule has 1 saturated heterocycles. The number of hydrogen-bond acceptors (Lipinski definition) is 16. The van der Waals surface area contributed by atoms with Gasteiger partial charge >= 0.3 is 17.7 Å². The van der Waals surface area contributed by atoms with Gasteiger partial charge in [-0.2, -0.15) is 0 Å². The fourth-order valence-corrected chi connectivity index (χ4v) is 10.7. The number of carboxylic acid groups (broad SMARTS) is 1. The van der Waals surface area contributed by atoms with E-state index in [9.17, 15) is 49.2 Å². The molecule has 1 saturated carbocycles. The third kappa shape index (κ3) is 10.4. The van der Waals surface area contributed by atoms with Crippen LogP contribution in [0, 0.1) is 37.4 Å². The molecule has 2 fully saturated rings. The molecule has 6 heterocycles. The standard InChI is InChI=1S/C55H63FN4O15/c1-25-10-9-11-26(2)52(68)58-44-36(22-57-21-31-14-16-59(23-31)46-28(4)45-34(32-12-13-32)20-35(54(70)71)53(69)60(45)24-37(46)56)48(65)41-42(49(44)66)47(64)29(5)50-43(41)51(67)55(7,75-50)73-17-15-39(72-8)27(3)40(74-30(6)61)19-33(62)18-38(25)63/h9-11,15,17,20,24-25,27,31-33,38-40,57,62-64H,12-14,16,18-19,21-23H2,1-8H3,(H,58,68)(H,70,71)/b10-9+,17-15+,26-11-/t25-,27+,31?,33+,38+,39-,40-,55-/m0/s1. The van der Waals surface area contributed by atoms with Crippen molar-refractivity contribution in [2.75, 3.05) is 38.2 Å². The molecule has 3 aromatic rings. The number of aromatic hydroxyl groups is 1. The molecule has 0 spiro atoms. The topological polar surface area (TPSA) is 269 Å². The molecule has 9 rings (SSSR count). The number of ketones is 3. The quantitative estimate of drug-likeness (QED) is 0.149. The van der Waals surface area contributed by atoms with Gasteiger partial charge in [0.15, 0.2) is 11.6 Å². The average Bonchev–Trinajstić information content (AvgIpc) is 4.04. The van der Waals surface area contributed by atoms with Gasteiger partial charge in [-0.05, 0) is 81.6 Å². The highest BCUT2D eigenvalue weighted by molar-refractivity contribution is 6.32. The van der Waals surface area contributed by atoms with Gasteiger partial charge in [0.25, 0.3) is 17.2 Å². The Labute approximate surface area is 431 Å². The zero-order valence-electron chi connectivity index (χ0n) is 43.1. The van der Waals surface area contributed by atoms with Crippen molar-refractivity contribution in [3.05, 3.63) is 115 Å². The highest BCUT2D eigenvalue weighted by atomic mass is 19.1. The van der Waals surface area contributed by atoms with E-state index in [4.69, 9.17) is 18.9 Å². The first-order valence-corrected chi connectivity index (χ1v) is 25.1. The van der Waals surface area contributed by atoms with Gasteiger partial charge in [-0.1, -0.05) is 32.1 Å². The zero-order chi connectivity index (χ0) is 54.5. The molecule has 19 nitrogen and oxygen atoms in total. The van der Waals surface area contributed by atoms with Crippen LogP contribution in [-0.2, 0) is 23.8 Å². The van der Waals surface area contributed by atoms with E-state index in [2.05, 4.69) is 10.6 Å². The Morgan fingerprint density at radius 3 is 2.37 bits per heavy atom. The number of ether oxygens (including phenoxy) is 4. The van der Waals surface area contributed by atoms with Gasteiger partial charge < -0.3 is 54.9 Å². The normalized spacial score (nSPS) is 28.2. The number of methoxy groups -OCH3 is 1. The molecule has 6 aliphatic rings. The fourth-order valence-electron chi connectivity index (χ4n) is 10.7. The Balaban J connectivity index is 1.12. The molecule has 75 heavy (non-hydrogen) atoms. The van der Waals surface area contributed by atoms with Crippen molar-refractivity contribution in [3.63, 3.8) is 0 Å². The summed E-state index contributed by atoms with van der Waals surface area (Å²) in [4.78, 5) is 97.6. The van der Waals surface area contributed by atoms with E-state index in [0.29, 0.717) is 36.2 Å². The molecule has 5 bridgehead atoms. The largest absolute Gasteiger partial charge is 0.507 e. The van der Waals surface area contributed by atoms with Crippen LogP contribution < -0.4 is 25.8 Å². The second-order valence-corrected chi connectivity index (χ2v) is 20.5. The summed E-state index contributed by atoms with van der Waals surface area (Å²) in [7, 11) is 1.40. The molecule has 1 aromatic carbocycles. The van der Waals surface area contributed by atoms with Crippen LogP contribution >= 0.6 is 0 Å². The average molecular weight is 1040 g/mol. The smallest absolute Gasteiger partial charge is 0.341 e. The summed E-state index contributed by atoms with van der Waals surface area (Å²) in [5.74, 6) is -10.5. The SMILES string of the molecule is CO[C@H]1/C=C/O[C@@]2(C)Oc3c(C)c(O)c4c(c3C2=O)C(=O)C(CNCC2CCN(c3c(F)cn5c(=O)c(C(=O)O)cc(C6CC6)c5c3C)C2)=C(NC(=O)/C(C)=C\C=C\[C@H](C)[C@H](O)C[C@@H](O)C[C@H](OC(C)=O)[C@@H]1C)C4=O. The second kappa shape index (κ2) is 21.3. The summed E-state index contributed by atoms with van der Waals surface area (Å²) in [6.07, 6.45) is 6.26. The summed E-state index contributed by atoms with van der Waals surface area (Å²) in [6.45, 7) is 11.2. The predicted molar refractivity (Wildman–Crippen MR) is 270 cm³/mol. The van der Waals surface area contributed by atoms with E-state index in [1.165, 1.54) is 59.1 Å². The maximum absolute atomic E-state index is 16.1. The Bertz CT molecular complexity index is 3100. The highest BCUT2D eigenvalue weighted by Gasteiger charge is 2.52. The van der Waals surface area contributed by atoms with Crippen LogP contribution in [0.2, 0.25) is 0 Å². The number of pyridine rings is 2. The molecular weight excluding hydrogens is 976 g/mol. The number of halogens is 1. The lowest BCUT2D eigenvalue weighted by Crippen LogP contribution is -2.40. The number of phenols is 1. The second-order valence-electron chi connectivity index (χ2n) is 20.5. The van der Waals surface area contributed by atoms with Crippen molar-refractivity contribution in [2.45, 2.75) is 117 Å². The molecule has 0 radical (unpaired) electrons. The minimum atomic E-state index is -2.15. The Kier molecular flexibility index (Phi) is 15.4. The molecule has 400 valence electrons. The molecule has 2 aliphatic carbocycles. The first-order chi connectivity index (χ1) is 35.5. The third-order valence-corrected chi connectivity index (χ3v) is 15.1. The molecule has 4 aliphatic heterocycles. The van der Waals surface area contributed by atoms with Gasteiger partial charge in [0.05, 0.1) is 64.4 Å². The van der Waals surface area contributed by atoms with E-state index in [-0.39, 0.29) is 71.5 Å². The number of esters is 1. The van der Waals surface area contributed by atoms with Crippen LogP contribution in [0.15, 0.2) is 64.5 Å². The maximum Gasteiger partial charge on any atom is 0.341 e. The number of amides is 1. The van der Waals surface area contributed by atoms with E-state index in [0.717, 1.165) is 29.7 Å². The number of aliphatic hydroxyl groups is 2. The number of fused-ring (bicyclic) bond motifs is 15. The number of Topliss-reactive ketones (excluding diaryl/α,β-unsaturated/α-hetero) is 3. The Morgan fingerprint density at radius 2 is 1.71 bits per heavy atom. The highest BCUT2D eigenvalue weighted by Crippen LogP contribution is 2.49. The number of benzene rings is 1. The number of rotatable bonds is 9. The summed E-state index contributed by atoms with van der Waals surface area (Å²) in [6, 6.07) is 1.40. The van der Waals surface area contributed by atoms with Crippen molar-refractivity contribution in [3.8, 4) is 11.5 Å². The lowest BCUT2D eigenvalue weighted by Gasteiger charge is -2.30. The number of aliphatic hydroxyl groups excluding tert-OH is 2. The molecule has 20 heteroatoms. The lowest BCUT2D eigenvalue weighted by atomic mass is 9.80. The fraction of sp³-hybridized carbons (Fsp3) is 0.473. The van der Waals surface area contributed by atoms with E-state index >= 15 is 9.18 Å². The summed E-state index contributed by atoms with van der Waals surface area (Å²) in [5.41, 5.74) is -1.30. The number of nitrogens with one attached hydrogen (secondary N) is 2. The van der Waals surface area contributed by atoms with Crippen molar-refractivity contribution in [1.29, 1.82) is 0 Å². The predicted octanol–water partition coefficient (Wildman–Crippen LogP) is 5.26. The first-order valence-electron chi connectivity index (χ1n) is 25.1. The number of allylic oxidation sites excluding steroid dienone is 3. The van der Waals surface area contributed by atoms with Crippen molar-refractivity contribution >= 4 is 46.4 Å². The number of phenolic OH excluding ortho intramolecular Hbond substituents is 1. The number of nitrogens with zero attached hydrogens (tertiary/aromatic N) is 2. The molecule has 8 atom stereocenters. The summed E-state index contributed by atoms with van der Waals surface area (Å²) in [5, 5.41) is 49.4. The maximum atomic E-state index is 16.1. The monoisotopic (exact) mass is 1040 g/mol. The van der Waals surface area contributed by atoms with Crippen LogP contribution in [0.4, 0.5) is 10.1 Å². The van der Waals surface area contributed by atoms with Crippen LogP contribution in [0.1, 0.15) is 131 Å². The summed E-state index contributed by atoms with van der Waals surface area (Å²) < 4.78 is 40.6. The van der Waals surface area contributed by atoms with Gasteiger partial charge in [0, 0.05) is 82.1 Å². The van der Waals surface area contributed by atoms with Gasteiger partial charge in [-0.3, -0.25) is 33.2 Å². The van der Waals surface area contributed by atoms with Crippen LogP contribution in [0.3, 0.4) is 0 Å². The third-order valence-electron chi connectivity index (χ3n) is 15.1. The van der Waals surface area contributed by atoms with Gasteiger partial charge in [0.1, 0.15) is 23.2 Å². The Morgan fingerprint density at radius 1 is 0.987 bits per heavy atom. The number of carboxylic acids is 1. The van der Waals surface area contributed by atoms with Crippen LogP contribution in [-0.4, -0.2) is 124 Å². The first kappa shape index (κ1) is 54.3. The van der Waals surface area contributed by atoms with Gasteiger partial charge in [-0.25, -0.2) is 9.18 Å². The minimum Gasteiger partial charge on any atom is -0.507 e. The number of hydrogen-bond donors (Lipinski definition) is 6. The van der Waals surface area contributed by atoms with E-state index in [1.807, 2.05) is 4.90 Å². The number of aromatic nitrogens is 1. The number of aryl methyl sites for hydroxylation is 1. The molecule has 1 unspecified atom stereocenters. The molecular formula is C55H63FN4O15. The van der Waals surface area contributed by atoms with Crippen molar-refractivity contribution in [1.82, 2.24) is 15.0 Å². The zero-order valence-corrected chi connectivity index (χ0v) is 43.1. The summed E-state index contributed by atoms with van der Waals surface area (Å²) >= 11 is 0. The number of aromatic carboxylic acids is 1. The number of anilines is 1. The molecule has 1 amide bonds. The van der Waals surface area contributed by atoms with Crippen LogP contribution in [0.5, 0.6) is 11.5 Å². The van der Waals surface area contributed by atoms with Crippen LogP contribution in [0.25, 0.3) is 5.52 Å². The Hall–Kier alpha value is -7.00. The van der Waals surface area contributed by atoms with Crippen molar-refractivity contribution in [2.24, 2.45) is 17.8 Å². The van der Waals surface area contributed by atoms with Gasteiger partial charge in [0.2, 0.25) is 5.78 Å². The van der Waals surface area contributed by atoms with Gasteiger partial charge in [-0.15, -0.1) is 0 Å². The number of carbonyl (C=O) groups is 6. The van der Waals surface area contributed by atoms with E-state index < -0.39 is 117 Å². The minimum absolute atomic E-state index is 0.0371.